The summed E-state index contributed by atoms with van der Waals surface area (Å²) < 4.78 is 7.88. The molecule has 1 unspecified atom stereocenters. The largest absolute Gasteiger partial charge is 0.393 e. The number of carbonyl (C=O) groups excluding carboxylic acids is 2. The van der Waals surface area contributed by atoms with Crippen molar-refractivity contribution in [2.45, 2.75) is 64.9 Å². The topological polar surface area (TPSA) is 71.8 Å². The Morgan fingerprint density at radius 2 is 1.97 bits per heavy atom. The predicted octanol–water partition coefficient (Wildman–Crippen LogP) is 3.90. The number of aromatic nitrogens is 1. The molecule has 1 aromatic heterocycles. The van der Waals surface area contributed by atoms with Gasteiger partial charge in [-0.3, -0.25) is 9.59 Å². The van der Waals surface area contributed by atoms with E-state index < -0.39 is 6.10 Å². The summed E-state index contributed by atoms with van der Waals surface area (Å²) in [6.07, 6.45) is 5.92. The molecular formula is C27H38N2O4. The number of amides is 1. The van der Waals surface area contributed by atoms with Crippen molar-refractivity contribution < 1.29 is 19.4 Å². The number of Topliss-reactive ketones (excluding diaryl/α,β-unsaturated/α-hetero) is 1. The van der Waals surface area contributed by atoms with Crippen LogP contribution in [0.3, 0.4) is 0 Å². The molecule has 1 aliphatic carbocycles. The van der Waals surface area contributed by atoms with Crippen LogP contribution in [0.5, 0.6) is 0 Å². The zero-order valence-corrected chi connectivity index (χ0v) is 20.3. The van der Waals surface area contributed by atoms with Gasteiger partial charge in [-0.15, -0.1) is 0 Å². The molecule has 1 aliphatic heterocycles. The van der Waals surface area contributed by atoms with Gasteiger partial charge in [0.25, 0.3) is 5.91 Å². The van der Waals surface area contributed by atoms with E-state index in [4.69, 9.17) is 4.74 Å². The van der Waals surface area contributed by atoms with Crippen molar-refractivity contribution in [2.75, 3.05) is 26.3 Å². The maximum absolute atomic E-state index is 13.3. The van der Waals surface area contributed by atoms with Crippen molar-refractivity contribution in [3.05, 3.63) is 35.0 Å². The highest BCUT2D eigenvalue weighted by molar-refractivity contribution is 6.00. The van der Waals surface area contributed by atoms with E-state index in [-0.39, 0.29) is 18.2 Å². The van der Waals surface area contributed by atoms with E-state index in [0.717, 1.165) is 44.8 Å². The van der Waals surface area contributed by atoms with Crippen molar-refractivity contribution in [3.8, 4) is 0 Å². The second-order valence-electron chi connectivity index (χ2n) is 9.91. The van der Waals surface area contributed by atoms with Crippen molar-refractivity contribution >= 4 is 22.6 Å². The van der Waals surface area contributed by atoms with Crippen LogP contribution in [0.4, 0.5) is 0 Å². The average Bonchev–Trinajstić information content (AvgIpc) is 3.12. The van der Waals surface area contributed by atoms with Gasteiger partial charge in [-0.05, 0) is 88.0 Å². The number of rotatable bonds is 8. The third-order valence-corrected chi connectivity index (χ3v) is 7.71. The number of aliphatic hydroxyl groups is 1. The highest BCUT2D eigenvalue weighted by Gasteiger charge is 2.31. The second kappa shape index (κ2) is 10.4. The number of aryl methyl sites for hydroxylation is 1. The first-order chi connectivity index (χ1) is 15.9. The zero-order valence-electron chi connectivity index (χ0n) is 20.3. The van der Waals surface area contributed by atoms with E-state index >= 15 is 0 Å². The quantitative estimate of drug-likeness (QED) is 0.657. The van der Waals surface area contributed by atoms with Crippen LogP contribution in [0.15, 0.2) is 18.2 Å². The van der Waals surface area contributed by atoms with Crippen molar-refractivity contribution in [1.29, 1.82) is 0 Å². The fourth-order valence-electron chi connectivity index (χ4n) is 5.70. The lowest BCUT2D eigenvalue weighted by Gasteiger charge is -2.33. The smallest absolute Gasteiger partial charge is 0.254 e. The Bertz CT molecular complexity index is 1000. The van der Waals surface area contributed by atoms with E-state index in [9.17, 15) is 14.7 Å². The first-order valence-corrected chi connectivity index (χ1v) is 12.6. The summed E-state index contributed by atoms with van der Waals surface area (Å²) in [6, 6.07) is 6.01. The fourth-order valence-corrected chi connectivity index (χ4v) is 5.70. The second-order valence-corrected chi connectivity index (χ2v) is 9.91. The van der Waals surface area contributed by atoms with E-state index in [0.29, 0.717) is 30.9 Å². The molecule has 2 atom stereocenters. The number of ketones is 1. The molecule has 180 valence electrons. The van der Waals surface area contributed by atoms with Gasteiger partial charge in [0, 0.05) is 55.4 Å². The van der Waals surface area contributed by atoms with Crippen molar-refractivity contribution in [1.82, 2.24) is 9.47 Å². The number of carbonyl (C=O) groups is 2. The van der Waals surface area contributed by atoms with Crippen LogP contribution in [0.1, 0.15) is 67.6 Å². The Labute approximate surface area is 196 Å². The number of aliphatic hydroxyl groups excluding tert-OH is 1. The predicted molar refractivity (Wildman–Crippen MR) is 129 cm³/mol. The van der Waals surface area contributed by atoms with Crippen LogP contribution in [0.2, 0.25) is 0 Å². The Balaban J connectivity index is 1.56. The molecule has 6 nitrogen and oxygen atoms in total. The molecule has 4 rings (SSSR count). The Morgan fingerprint density at radius 1 is 1.21 bits per heavy atom. The summed E-state index contributed by atoms with van der Waals surface area (Å²) in [6.45, 7) is 5.92. The Kier molecular flexibility index (Phi) is 7.55. The maximum Gasteiger partial charge on any atom is 0.254 e. The minimum absolute atomic E-state index is 0.0106. The standard InChI is InChI=1S/C27H38N2O4/c1-4-29(17-22(31)8-5-18(2)30)27(32)21-7-10-26-24(16-21)23-15-20(6-9-25(23)28(26)3)19-11-13-33-14-12-19/h7,10,16,18-20,30H,4-6,8-9,11-15,17H2,1-3H3/t18-,20?/m0/s1. The molecule has 2 aliphatic rings. The summed E-state index contributed by atoms with van der Waals surface area (Å²) >= 11 is 0. The third-order valence-electron chi connectivity index (χ3n) is 7.71. The Hall–Kier alpha value is -2.18. The van der Waals surface area contributed by atoms with Crippen LogP contribution in [-0.2, 0) is 29.4 Å². The molecule has 2 aromatic rings. The summed E-state index contributed by atoms with van der Waals surface area (Å²) in [7, 11) is 2.14. The number of benzene rings is 1. The molecule has 1 amide bonds. The number of hydrogen-bond acceptors (Lipinski definition) is 4. The minimum atomic E-state index is -0.503. The normalized spacial score (nSPS) is 19.9. The summed E-state index contributed by atoms with van der Waals surface area (Å²) in [4.78, 5) is 27.2. The SMILES string of the molecule is CCN(CC(=O)CC[C@H](C)O)C(=O)c1ccc2c(c1)c1c(n2C)CCC(C2CCOCC2)C1. The van der Waals surface area contributed by atoms with Gasteiger partial charge < -0.3 is 19.3 Å². The van der Waals surface area contributed by atoms with Gasteiger partial charge in [0.2, 0.25) is 0 Å². The molecular weight excluding hydrogens is 416 g/mol. The molecule has 1 fully saturated rings. The number of hydrogen-bond donors (Lipinski definition) is 1. The fraction of sp³-hybridized carbons (Fsp3) is 0.630. The minimum Gasteiger partial charge on any atom is -0.393 e. The molecule has 1 saturated heterocycles. The van der Waals surface area contributed by atoms with Gasteiger partial charge in [0.15, 0.2) is 5.78 Å². The van der Waals surface area contributed by atoms with Crippen LogP contribution < -0.4 is 0 Å². The molecule has 0 spiro atoms. The molecule has 1 N–H and O–H groups in total. The number of fused-ring (bicyclic) bond motifs is 3. The number of likely N-dealkylation sites (N-methyl/N-ethyl adjacent to an activating group) is 1. The first kappa shape index (κ1) is 24.0. The maximum atomic E-state index is 13.3. The molecule has 33 heavy (non-hydrogen) atoms. The molecule has 0 bridgehead atoms. The number of nitrogens with zero attached hydrogens (tertiary/aromatic N) is 2. The van der Waals surface area contributed by atoms with Gasteiger partial charge in [0.1, 0.15) is 0 Å². The van der Waals surface area contributed by atoms with Crippen LogP contribution in [0, 0.1) is 11.8 Å². The summed E-state index contributed by atoms with van der Waals surface area (Å²) in [5, 5.41) is 10.6. The third kappa shape index (κ3) is 5.17. The lowest BCUT2D eigenvalue weighted by molar-refractivity contribution is -0.120. The van der Waals surface area contributed by atoms with E-state index in [1.165, 1.54) is 28.6 Å². The van der Waals surface area contributed by atoms with Gasteiger partial charge >= 0.3 is 0 Å². The highest BCUT2D eigenvalue weighted by atomic mass is 16.5. The lowest BCUT2D eigenvalue weighted by atomic mass is 9.75. The van der Waals surface area contributed by atoms with Crippen LogP contribution in [0.25, 0.3) is 10.9 Å². The molecule has 1 aromatic carbocycles. The van der Waals surface area contributed by atoms with E-state index in [1.54, 1.807) is 11.8 Å². The highest BCUT2D eigenvalue weighted by Crippen LogP contribution is 2.39. The van der Waals surface area contributed by atoms with Crippen LogP contribution in [-0.4, -0.2) is 58.7 Å². The molecule has 0 radical (unpaired) electrons. The van der Waals surface area contributed by atoms with Gasteiger partial charge in [0.05, 0.1) is 12.6 Å². The van der Waals surface area contributed by atoms with E-state index in [2.05, 4.69) is 17.7 Å². The zero-order chi connectivity index (χ0) is 23.5. The first-order valence-electron chi connectivity index (χ1n) is 12.6. The average molecular weight is 455 g/mol. The van der Waals surface area contributed by atoms with E-state index in [1.807, 2.05) is 19.1 Å². The monoisotopic (exact) mass is 454 g/mol. The Morgan fingerprint density at radius 3 is 2.67 bits per heavy atom. The van der Waals surface area contributed by atoms with Gasteiger partial charge in [-0.2, -0.15) is 0 Å². The van der Waals surface area contributed by atoms with Crippen molar-refractivity contribution in [2.24, 2.45) is 18.9 Å². The van der Waals surface area contributed by atoms with Crippen LogP contribution >= 0.6 is 0 Å². The van der Waals surface area contributed by atoms with Crippen molar-refractivity contribution in [3.63, 3.8) is 0 Å². The van der Waals surface area contributed by atoms with Gasteiger partial charge in [-0.1, -0.05) is 0 Å². The summed E-state index contributed by atoms with van der Waals surface area (Å²) in [5.74, 6) is 1.31. The molecule has 2 heterocycles. The summed E-state index contributed by atoms with van der Waals surface area (Å²) in [5.41, 5.74) is 4.63. The lowest BCUT2D eigenvalue weighted by Crippen LogP contribution is -2.35. The molecule has 0 saturated carbocycles. The van der Waals surface area contributed by atoms with Gasteiger partial charge in [-0.25, -0.2) is 0 Å². The molecule has 6 heteroatoms. The number of ether oxygens (including phenoxy) is 1.